The Bertz CT molecular complexity index is 848. The summed E-state index contributed by atoms with van der Waals surface area (Å²) in [6, 6.07) is -1.31. The first-order valence-corrected chi connectivity index (χ1v) is 11.0. The fourth-order valence-electron chi connectivity index (χ4n) is 3.14. The molecule has 0 saturated carbocycles. The minimum Gasteiger partial charge on any atom is -0.463 e. The molecule has 0 bridgehead atoms. The van der Waals surface area contributed by atoms with Gasteiger partial charge < -0.3 is 38.5 Å². The molecule has 14 heteroatoms. The van der Waals surface area contributed by atoms with Gasteiger partial charge in [0.2, 0.25) is 6.29 Å². The highest BCUT2D eigenvalue weighted by Crippen LogP contribution is 2.28. The summed E-state index contributed by atoms with van der Waals surface area (Å²) in [6.07, 6.45) is -4.55. The molecule has 0 unspecified atom stereocenters. The van der Waals surface area contributed by atoms with Crippen molar-refractivity contribution in [2.75, 3.05) is 19.8 Å². The standard InChI is InChI=1S/C22H31NO13/c1-7-30-20(28)15(21(29)31-8-2)9-23-17-19(34-13(5)26)18(33-12(4)25)16(10-32-11(3)24)36-22(17)35-14(6)27/h9,16-19,22-23H,7-8,10H2,1-6H3/t16-,17+,18-,19-,22+/m1/s1. The zero-order valence-corrected chi connectivity index (χ0v) is 20.9. The molecule has 1 N–H and O–H groups in total. The Morgan fingerprint density at radius 2 is 1.22 bits per heavy atom. The lowest BCUT2D eigenvalue weighted by Gasteiger charge is -2.44. The summed E-state index contributed by atoms with van der Waals surface area (Å²) in [5.41, 5.74) is -0.548. The molecule has 1 rings (SSSR count). The van der Waals surface area contributed by atoms with E-state index in [1.165, 1.54) is 13.8 Å². The van der Waals surface area contributed by atoms with E-state index in [1.54, 1.807) is 0 Å². The van der Waals surface area contributed by atoms with Crippen LogP contribution in [-0.2, 0) is 61.9 Å². The molecule has 1 saturated heterocycles. The number of rotatable bonds is 11. The zero-order chi connectivity index (χ0) is 27.4. The maximum Gasteiger partial charge on any atom is 0.347 e. The van der Waals surface area contributed by atoms with Crippen molar-refractivity contribution in [3.63, 3.8) is 0 Å². The van der Waals surface area contributed by atoms with Crippen molar-refractivity contribution < 1.29 is 61.9 Å². The second kappa shape index (κ2) is 14.7. The Morgan fingerprint density at radius 1 is 0.722 bits per heavy atom. The van der Waals surface area contributed by atoms with Crippen LogP contribution in [0.1, 0.15) is 41.5 Å². The predicted molar refractivity (Wildman–Crippen MR) is 116 cm³/mol. The Kier molecular flexibility index (Phi) is 12.4. The van der Waals surface area contributed by atoms with Crippen molar-refractivity contribution in [3.8, 4) is 0 Å². The zero-order valence-electron chi connectivity index (χ0n) is 20.9. The van der Waals surface area contributed by atoms with Gasteiger partial charge in [-0.2, -0.15) is 0 Å². The van der Waals surface area contributed by atoms with Gasteiger partial charge in [0.1, 0.15) is 18.8 Å². The van der Waals surface area contributed by atoms with Crippen LogP contribution >= 0.6 is 0 Å². The number of esters is 6. The summed E-state index contributed by atoms with van der Waals surface area (Å²) >= 11 is 0. The van der Waals surface area contributed by atoms with Gasteiger partial charge >= 0.3 is 35.8 Å². The molecule has 0 aromatic heterocycles. The van der Waals surface area contributed by atoms with Crippen LogP contribution in [0.3, 0.4) is 0 Å². The molecular formula is C22H31NO13. The predicted octanol–water partition coefficient (Wildman–Crippen LogP) is -0.331. The molecule has 1 aliphatic heterocycles. The molecule has 0 aliphatic carbocycles. The molecular weight excluding hydrogens is 486 g/mol. The minimum absolute atomic E-state index is 0.0411. The number of ether oxygens (including phenoxy) is 7. The van der Waals surface area contributed by atoms with E-state index in [-0.39, 0.29) is 13.2 Å². The van der Waals surface area contributed by atoms with Gasteiger partial charge in [-0.05, 0) is 13.8 Å². The quantitative estimate of drug-likeness (QED) is 0.124. The number of carbonyl (C=O) groups excluding carboxylic acids is 6. The van der Waals surface area contributed by atoms with Gasteiger partial charge in [-0.1, -0.05) is 0 Å². The van der Waals surface area contributed by atoms with Gasteiger partial charge in [-0.25, -0.2) is 9.59 Å². The van der Waals surface area contributed by atoms with Crippen LogP contribution in [0.25, 0.3) is 0 Å². The molecule has 5 atom stereocenters. The Hall–Kier alpha value is -3.68. The summed E-state index contributed by atoms with van der Waals surface area (Å²) in [7, 11) is 0. The van der Waals surface area contributed by atoms with Gasteiger partial charge in [0.15, 0.2) is 17.8 Å². The highest BCUT2D eigenvalue weighted by molar-refractivity contribution is 6.13. The average molecular weight is 517 g/mol. The van der Waals surface area contributed by atoms with Crippen molar-refractivity contribution in [1.82, 2.24) is 5.32 Å². The molecule has 36 heavy (non-hydrogen) atoms. The number of hydrogen-bond donors (Lipinski definition) is 1. The van der Waals surface area contributed by atoms with Crippen LogP contribution in [0.5, 0.6) is 0 Å². The second-order valence-corrected chi connectivity index (χ2v) is 7.29. The van der Waals surface area contributed by atoms with E-state index in [0.717, 1.165) is 33.9 Å². The minimum atomic E-state index is -1.51. The van der Waals surface area contributed by atoms with Crippen molar-refractivity contribution in [2.24, 2.45) is 0 Å². The van der Waals surface area contributed by atoms with Crippen molar-refractivity contribution in [2.45, 2.75) is 72.2 Å². The SMILES string of the molecule is CCOC(=O)C(=CN[C@@H]1[C@@H](OC(C)=O)O[C@H](COC(C)=O)[C@@H](OC(C)=O)[C@@H]1OC(C)=O)C(=O)OCC. The molecule has 1 fully saturated rings. The highest BCUT2D eigenvalue weighted by atomic mass is 16.7. The fourth-order valence-corrected chi connectivity index (χ4v) is 3.14. The second-order valence-electron chi connectivity index (χ2n) is 7.29. The first-order valence-electron chi connectivity index (χ1n) is 11.0. The maximum absolute atomic E-state index is 12.3. The Morgan fingerprint density at radius 3 is 1.67 bits per heavy atom. The summed E-state index contributed by atoms with van der Waals surface area (Å²) in [4.78, 5) is 71.5. The van der Waals surface area contributed by atoms with E-state index in [9.17, 15) is 28.8 Å². The molecule has 0 amide bonds. The molecule has 0 aromatic rings. The summed E-state index contributed by atoms with van der Waals surface area (Å²) in [5, 5.41) is 2.66. The van der Waals surface area contributed by atoms with Crippen molar-refractivity contribution in [1.29, 1.82) is 0 Å². The largest absolute Gasteiger partial charge is 0.463 e. The normalized spacial score (nSPS) is 22.8. The Balaban J connectivity index is 3.52. The molecule has 0 aromatic carbocycles. The monoisotopic (exact) mass is 517 g/mol. The molecule has 14 nitrogen and oxygen atoms in total. The van der Waals surface area contributed by atoms with E-state index in [2.05, 4.69) is 5.32 Å². The lowest BCUT2D eigenvalue weighted by Crippen LogP contribution is -2.65. The molecule has 1 heterocycles. The van der Waals surface area contributed by atoms with E-state index in [4.69, 9.17) is 33.2 Å². The first-order chi connectivity index (χ1) is 16.9. The van der Waals surface area contributed by atoms with Crippen LogP contribution in [0.4, 0.5) is 0 Å². The van der Waals surface area contributed by atoms with E-state index in [1.807, 2.05) is 0 Å². The van der Waals surface area contributed by atoms with E-state index in [0.29, 0.717) is 0 Å². The van der Waals surface area contributed by atoms with Gasteiger partial charge in [0.25, 0.3) is 0 Å². The van der Waals surface area contributed by atoms with Crippen LogP contribution < -0.4 is 5.32 Å². The summed E-state index contributed by atoms with van der Waals surface area (Å²) in [5.74, 6) is -5.10. The average Bonchev–Trinajstić information content (AvgIpc) is 2.75. The van der Waals surface area contributed by atoms with Gasteiger partial charge in [-0.15, -0.1) is 0 Å². The van der Waals surface area contributed by atoms with E-state index >= 15 is 0 Å². The Labute approximate surface area is 207 Å². The molecule has 0 radical (unpaired) electrons. The first kappa shape index (κ1) is 30.4. The number of nitrogens with one attached hydrogen (secondary N) is 1. The number of carbonyl (C=O) groups is 6. The van der Waals surface area contributed by atoms with Crippen LogP contribution in [0.15, 0.2) is 11.8 Å². The smallest absolute Gasteiger partial charge is 0.347 e. The van der Waals surface area contributed by atoms with Crippen LogP contribution in [0, 0.1) is 0 Å². The van der Waals surface area contributed by atoms with Crippen LogP contribution in [-0.4, -0.2) is 86.3 Å². The van der Waals surface area contributed by atoms with Crippen molar-refractivity contribution >= 4 is 35.8 Å². The van der Waals surface area contributed by atoms with Crippen LogP contribution in [0.2, 0.25) is 0 Å². The molecule has 0 spiro atoms. The molecule has 202 valence electrons. The lowest BCUT2D eigenvalue weighted by atomic mass is 9.96. The highest BCUT2D eigenvalue weighted by Gasteiger charge is 2.51. The van der Waals surface area contributed by atoms with Gasteiger partial charge in [-0.3, -0.25) is 19.2 Å². The summed E-state index contributed by atoms with van der Waals surface area (Å²) in [6.45, 7) is 6.93. The number of hydrogen-bond acceptors (Lipinski definition) is 14. The maximum atomic E-state index is 12.3. The van der Waals surface area contributed by atoms with E-state index < -0.39 is 78.6 Å². The van der Waals surface area contributed by atoms with Gasteiger partial charge in [0.05, 0.1) is 13.2 Å². The third-order valence-electron chi connectivity index (χ3n) is 4.39. The molecule has 1 aliphatic rings. The third kappa shape index (κ3) is 9.52. The lowest BCUT2D eigenvalue weighted by molar-refractivity contribution is -0.270. The van der Waals surface area contributed by atoms with Crippen molar-refractivity contribution in [3.05, 3.63) is 11.8 Å². The third-order valence-corrected chi connectivity index (χ3v) is 4.39. The van der Waals surface area contributed by atoms with Gasteiger partial charge in [0, 0.05) is 33.9 Å². The summed E-state index contributed by atoms with van der Waals surface area (Å²) < 4.78 is 36.3. The fraction of sp³-hybridized carbons (Fsp3) is 0.636. The topological polar surface area (TPSA) is 179 Å².